The molecule has 0 aliphatic rings. The van der Waals surface area contributed by atoms with Crippen molar-refractivity contribution in [1.82, 2.24) is 0 Å². The molecule has 1 aromatic carbocycles. The molecule has 0 saturated carbocycles. The molecule has 0 saturated heterocycles. The van der Waals surface area contributed by atoms with Crippen LogP contribution in [-0.2, 0) is 16.1 Å². The Hall–Kier alpha value is -1.62. The molecule has 4 nitrogen and oxygen atoms in total. The quantitative estimate of drug-likeness (QED) is 0.798. The molecular formula is C12H15FO4. The lowest BCUT2D eigenvalue weighted by Crippen LogP contribution is -2.18. The van der Waals surface area contributed by atoms with E-state index in [1.54, 1.807) is 13.8 Å². The standard InChI is InChI=1S/C12H15FO4/c1-8(2)17-12(15)7-16-11-4-9(6-14)3-10(13)5-11/h3-5,8,14H,6-7H2,1-2H3. The van der Waals surface area contributed by atoms with Crippen molar-refractivity contribution in [2.75, 3.05) is 6.61 Å². The summed E-state index contributed by atoms with van der Waals surface area (Å²) in [5, 5.41) is 8.87. The smallest absolute Gasteiger partial charge is 0.344 e. The van der Waals surface area contributed by atoms with Crippen LogP contribution in [0.1, 0.15) is 19.4 Å². The van der Waals surface area contributed by atoms with Crippen molar-refractivity contribution in [3.8, 4) is 5.75 Å². The van der Waals surface area contributed by atoms with Gasteiger partial charge < -0.3 is 14.6 Å². The molecule has 0 heterocycles. The average molecular weight is 242 g/mol. The molecule has 0 atom stereocenters. The predicted octanol–water partition coefficient (Wildman–Crippen LogP) is 1.65. The van der Waals surface area contributed by atoms with Crippen LogP contribution in [0.5, 0.6) is 5.75 Å². The number of hydrogen-bond acceptors (Lipinski definition) is 4. The monoisotopic (exact) mass is 242 g/mol. The Kier molecular flexibility index (Phi) is 4.90. The highest BCUT2D eigenvalue weighted by Crippen LogP contribution is 2.16. The van der Waals surface area contributed by atoms with Crippen LogP contribution < -0.4 is 4.74 Å². The van der Waals surface area contributed by atoms with E-state index in [1.807, 2.05) is 0 Å². The molecule has 1 aromatic rings. The summed E-state index contributed by atoms with van der Waals surface area (Å²) in [4.78, 5) is 11.2. The second-order valence-corrected chi connectivity index (χ2v) is 3.78. The minimum absolute atomic E-state index is 0.190. The van der Waals surface area contributed by atoms with E-state index in [2.05, 4.69) is 0 Å². The Morgan fingerprint density at radius 2 is 2.12 bits per heavy atom. The zero-order valence-electron chi connectivity index (χ0n) is 9.77. The summed E-state index contributed by atoms with van der Waals surface area (Å²) >= 11 is 0. The van der Waals surface area contributed by atoms with Gasteiger partial charge in [0.25, 0.3) is 0 Å². The highest BCUT2D eigenvalue weighted by molar-refractivity contribution is 5.71. The topological polar surface area (TPSA) is 55.8 Å². The lowest BCUT2D eigenvalue weighted by molar-refractivity contribution is -0.149. The van der Waals surface area contributed by atoms with Gasteiger partial charge in [0.15, 0.2) is 6.61 Å². The fourth-order valence-electron chi connectivity index (χ4n) is 1.23. The number of carbonyl (C=O) groups excluding carboxylic acids is 1. The van der Waals surface area contributed by atoms with Gasteiger partial charge in [0.05, 0.1) is 12.7 Å². The molecular weight excluding hydrogens is 227 g/mol. The van der Waals surface area contributed by atoms with Crippen LogP contribution in [0, 0.1) is 5.82 Å². The van der Waals surface area contributed by atoms with Gasteiger partial charge in [-0.15, -0.1) is 0 Å². The van der Waals surface area contributed by atoms with Gasteiger partial charge in [-0.25, -0.2) is 9.18 Å². The Morgan fingerprint density at radius 1 is 1.41 bits per heavy atom. The lowest BCUT2D eigenvalue weighted by Gasteiger charge is -2.10. The van der Waals surface area contributed by atoms with Crippen molar-refractivity contribution in [2.24, 2.45) is 0 Å². The molecule has 0 aliphatic heterocycles. The molecule has 1 rings (SSSR count). The molecule has 0 radical (unpaired) electrons. The second-order valence-electron chi connectivity index (χ2n) is 3.78. The van der Waals surface area contributed by atoms with Crippen molar-refractivity contribution < 1.29 is 23.8 Å². The number of halogens is 1. The van der Waals surface area contributed by atoms with E-state index in [0.29, 0.717) is 5.56 Å². The summed E-state index contributed by atoms with van der Waals surface area (Å²) in [6, 6.07) is 3.80. The number of aliphatic hydroxyl groups excluding tert-OH is 1. The maximum Gasteiger partial charge on any atom is 0.344 e. The van der Waals surface area contributed by atoms with Gasteiger partial charge in [0.1, 0.15) is 11.6 Å². The van der Waals surface area contributed by atoms with Gasteiger partial charge in [0, 0.05) is 6.07 Å². The number of ether oxygens (including phenoxy) is 2. The molecule has 0 aliphatic carbocycles. The molecule has 0 unspecified atom stereocenters. The summed E-state index contributed by atoms with van der Waals surface area (Å²) in [5.74, 6) is -0.853. The normalized spacial score (nSPS) is 10.4. The van der Waals surface area contributed by atoms with Crippen molar-refractivity contribution in [2.45, 2.75) is 26.6 Å². The molecule has 0 bridgehead atoms. The minimum Gasteiger partial charge on any atom is -0.482 e. The van der Waals surface area contributed by atoms with Gasteiger partial charge >= 0.3 is 5.97 Å². The van der Waals surface area contributed by atoms with E-state index in [9.17, 15) is 9.18 Å². The van der Waals surface area contributed by atoms with E-state index in [4.69, 9.17) is 14.6 Å². The summed E-state index contributed by atoms with van der Waals surface area (Å²) in [6.45, 7) is 2.88. The SMILES string of the molecule is CC(C)OC(=O)COc1cc(F)cc(CO)c1. The Labute approximate surface area is 99.0 Å². The average Bonchev–Trinajstić information content (AvgIpc) is 2.24. The van der Waals surface area contributed by atoms with E-state index in [0.717, 1.165) is 6.07 Å². The fraction of sp³-hybridized carbons (Fsp3) is 0.417. The van der Waals surface area contributed by atoms with Crippen LogP contribution in [0.15, 0.2) is 18.2 Å². The van der Waals surface area contributed by atoms with Crippen LogP contribution in [0.2, 0.25) is 0 Å². The third-order valence-electron chi connectivity index (χ3n) is 1.84. The third kappa shape index (κ3) is 4.82. The first-order valence-electron chi connectivity index (χ1n) is 5.24. The molecule has 0 aromatic heterocycles. The predicted molar refractivity (Wildman–Crippen MR) is 59.0 cm³/mol. The number of carbonyl (C=O) groups is 1. The maximum absolute atomic E-state index is 13.0. The molecule has 94 valence electrons. The number of benzene rings is 1. The summed E-state index contributed by atoms with van der Waals surface area (Å²) in [5.41, 5.74) is 0.386. The van der Waals surface area contributed by atoms with Crippen LogP contribution >= 0.6 is 0 Å². The van der Waals surface area contributed by atoms with Gasteiger partial charge in [-0.05, 0) is 31.5 Å². The van der Waals surface area contributed by atoms with Crippen LogP contribution in [-0.4, -0.2) is 23.8 Å². The largest absolute Gasteiger partial charge is 0.482 e. The minimum atomic E-state index is -0.524. The van der Waals surface area contributed by atoms with Crippen LogP contribution in [0.4, 0.5) is 4.39 Å². The van der Waals surface area contributed by atoms with E-state index in [1.165, 1.54) is 12.1 Å². The van der Waals surface area contributed by atoms with Gasteiger partial charge in [-0.1, -0.05) is 0 Å². The summed E-state index contributed by atoms with van der Waals surface area (Å²) in [7, 11) is 0. The fourth-order valence-corrected chi connectivity index (χ4v) is 1.23. The molecule has 1 N–H and O–H groups in total. The van der Waals surface area contributed by atoms with Crippen molar-refractivity contribution in [1.29, 1.82) is 0 Å². The van der Waals surface area contributed by atoms with Gasteiger partial charge in [0.2, 0.25) is 0 Å². The number of esters is 1. The van der Waals surface area contributed by atoms with Crippen LogP contribution in [0.3, 0.4) is 0 Å². The lowest BCUT2D eigenvalue weighted by atomic mass is 10.2. The summed E-state index contributed by atoms with van der Waals surface area (Å²) in [6.07, 6.45) is -0.216. The van der Waals surface area contributed by atoms with E-state index in [-0.39, 0.29) is 25.1 Å². The molecule has 0 spiro atoms. The first kappa shape index (κ1) is 13.4. The van der Waals surface area contributed by atoms with Gasteiger partial charge in [-0.3, -0.25) is 0 Å². The van der Waals surface area contributed by atoms with E-state index < -0.39 is 11.8 Å². The van der Waals surface area contributed by atoms with Gasteiger partial charge in [-0.2, -0.15) is 0 Å². The third-order valence-corrected chi connectivity index (χ3v) is 1.84. The molecule has 0 amide bonds. The zero-order valence-corrected chi connectivity index (χ0v) is 9.77. The van der Waals surface area contributed by atoms with E-state index >= 15 is 0 Å². The first-order valence-corrected chi connectivity index (χ1v) is 5.24. The first-order chi connectivity index (χ1) is 8.01. The number of aliphatic hydroxyl groups is 1. The van der Waals surface area contributed by atoms with Crippen LogP contribution in [0.25, 0.3) is 0 Å². The number of hydrogen-bond donors (Lipinski definition) is 1. The van der Waals surface area contributed by atoms with Crippen molar-refractivity contribution in [3.05, 3.63) is 29.6 Å². The Bertz CT molecular complexity index is 390. The number of rotatable bonds is 5. The molecule has 0 fully saturated rings. The van der Waals surface area contributed by atoms with Crippen molar-refractivity contribution in [3.63, 3.8) is 0 Å². The summed E-state index contributed by atoms with van der Waals surface area (Å²) < 4.78 is 23.0. The Morgan fingerprint density at radius 3 is 2.71 bits per heavy atom. The Balaban J connectivity index is 2.57. The zero-order chi connectivity index (χ0) is 12.8. The second kappa shape index (κ2) is 6.20. The molecule has 5 heteroatoms. The molecule has 17 heavy (non-hydrogen) atoms. The maximum atomic E-state index is 13.0. The highest BCUT2D eigenvalue weighted by atomic mass is 19.1. The highest BCUT2D eigenvalue weighted by Gasteiger charge is 2.07. The van der Waals surface area contributed by atoms with Crippen molar-refractivity contribution >= 4 is 5.97 Å².